The molecule has 0 heterocycles. The van der Waals surface area contributed by atoms with E-state index in [1.165, 1.54) is 17.7 Å². The van der Waals surface area contributed by atoms with E-state index >= 15 is 0 Å². The lowest BCUT2D eigenvalue weighted by Crippen LogP contribution is -2.46. The molecular formula is C14H20BrN3OS2. The van der Waals surface area contributed by atoms with Crippen LogP contribution in [0.25, 0.3) is 0 Å². The number of hydrogen-bond donors (Lipinski definition) is 3. The minimum Gasteiger partial charge on any atom is -0.364 e. The van der Waals surface area contributed by atoms with Crippen molar-refractivity contribution in [2.24, 2.45) is 0 Å². The molecule has 0 bridgehead atoms. The maximum Gasteiger partial charge on any atom is 0.242 e. The summed E-state index contributed by atoms with van der Waals surface area (Å²) in [6.45, 7) is 2.19. The van der Waals surface area contributed by atoms with E-state index in [-0.39, 0.29) is 5.91 Å². The van der Waals surface area contributed by atoms with Gasteiger partial charge in [0, 0.05) is 16.4 Å². The van der Waals surface area contributed by atoms with Gasteiger partial charge in [0.15, 0.2) is 5.11 Å². The van der Waals surface area contributed by atoms with Gasteiger partial charge in [-0.05, 0) is 58.0 Å². The highest BCUT2D eigenvalue weighted by Crippen LogP contribution is 2.29. The van der Waals surface area contributed by atoms with Crippen LogP contribution < -0.4 is 16.2 Å². The van der Waals surface area contributed by atoms with Crippen molar-refractivity contribution in [1.29, 1.82) is 0 Å². The average molecular weight is 390 g/mol. The van der Waals surface area contributed by atoms with Crippen LogP contribution in [0, 0.1) is 0 Å². The SMILES string of the molecule is CCCCSc1ccc(CC(=O)NNC(=S)NC)cc1Br. The molecule has 0 unspecified atom stereocenters. The molecular weight excluding hydrogens is 370 g/mol. The fourth-order valence-electron chi connectivity index (χ4n) is 1.52. The number of hydrogen-bond acceptors (Lipinski definition) is 3. The summed E-state index contributed by atoms with van der Waals surface area (Å²) in [5.74, 6) is 0.978. The largest absolute Gasteiger partial charge is 0.364 e. The molecule has 21 heavy (non-hydrogen) atoms. The van der Waals surface area contributed by atoms with E-state index in [1.807, 2.05) is 23.9 Å². The maximum absolute atomic E-state index is 11.8. The smallest absolute Gasteiger partial charge is 0.242 e. The molecule has 0 saturated carbocycles. The zero-order valence-electron chi connectivity index (χ0n) is 12.2. The molecule has 0 spiro atoms. The summed E-state index contributed by atoms with van der Waals surface area (Å²) in [6, 6.07) is 6.03. The number of carbonyl (C=O) groups excluding carboxylic acids is 1. The van der Waals surface area contributed by atoms with E-state index in [0.29, 0.717) is 11.5 Å². The fourth-order valence-corrected chi connectivity index (χ4v) is 3.35. The highest BCUT2D eigenvalue weighted by Gasteiger charge is 2.07. The van der Waals surface area contributed by atoms with E-state index in [1.54, 1.807) is 7.05 Å². The van der Waals surface area contributed by atoms with Crippen molar-refractivity contribution in [1.82, 2.24) is 16.2 Å². The van der Waals surface area contributed by atoms with Gasteiger partial charge in [0.05, 0.1) is 6.42 Å². The molecule has 3 N–H and O–H groups in total. The van der Waals surface area contributed by atoms with Crippen LogP contribution >= 0.6 is 39.9 Å². The average Bonchev–Trinajstić information content (AvgIpc) is 2.47. The number of thioether (sulfide) groups is 1. The molecule has 0 radical (unpaired) electrons. The van der Waals surface area contributed by atoms with Gasteiger partial charge in [-0.25, -0.2) is 0 Å². The Balaban J connectivity index is 2.51. The fraction of sp³-hybridized carbons (Fsp3) is 0.429. The van der Waals surface area contributed by atoms with Crippen LogP contribution in [-0.4, -0.2) is 23.8 Å². The van der Waals surface area contributed by atoms with Crippen molar-refractivity contribution in [3.8, 4) is 0 Å². The monoisotopic (exact) mass is 389 g/mol. The van der Waals surface area contributed by atoms with E-state index in [4.69, 9.17) is 12.2 Å². The second-order valence-corrected chi connectivity index (χ2v) is 6.80. The number of amides is 1. The number of rotatable bonds is 6. The number of thiocarbonyl (C=S) groups is 1. The van der Waals surface area contributed by atoms with Crippen molar-refractivity contribution in [3.05, 3.63) is 28.2 Å². The molecule has 1 aromatic carbocycles. The van der Waals surface area contributed by atoms with Crippen LogP contribution in [0.4, 0.5) is 0 Å². The minimum atomic E-state index is -0.133. The van der Waals surface area contributed by atoms with Crippen LogP contribution in [0.3, 0.4) is 0 Å². The van der Waals surface area contributed by atoms with E-state index in [9.17, 15) is 4.79 Å². The predicted octanol–water partition coefficient (Wildman–Crippen LogP) is 3.01. The molecule has 7 heteroatoms. The predicted molar refractivity (Wildman–Crippen MR) is 96.4 cm³/mol. The molecule has 1 rings (SSSR count). The third-order valence-corrected chi connectivity index (χ3v) is 5.04. The first-order chi connectivity index (χ1) is 10.1. The third-order valence-electron chi connectivity index (χ3n) is 2.66. The molecule has 1 amide bonds. The summed E-state index contributed by atoms with van der Waals surface area (Å²) in [4.78, 5) is 13.0. The van der Waals surface area contributed by atoms with Gasteiger partial charge in [0.1, 0.15) is 0 Å². The second-order valence-electron chi connectivity index (χ2n) is 4.40. The number of halogens is 1. The molecule has 0 aromatic heterocycles. The van der Waals surface area contributed by atoms with Crippen LogP contribution in [0.5, 0.6) is 0 Å². The standard InChI is InChI=1S/C14H20BrN3OS2/c1-3-4-7-21-12-6-5-10(8-11(12)15)9-13(19)17-18-14(20)16-2/h5-6,8H,3-4,7,9H2,1-2H3,(H,17,19)(H2,16,18,20). The molecule has 0 aliphatic carbocycles. The summed E-state index contributed by atoms with van der Waals surface area (Å²) < 4.78 is 1.03. The Labute approximate surface area is 143 Å². The van der Waals surface area contributed by atoms with E-state index in [2.05, 4.69) is 45.1 Å². The maximum atomic E-state index is 11.8. The van der Waals surface area contributed by atoms with Gasteiger partial charge in [0.25, 0.3) is 0 Å². The lowest BCUT2D eigenvalue weighted by molar-refractivity contribution is -0.121. The summed E-state index contributed by atoms with van der Waals surface area (Å²) in [6.07, 6.45) is 2.71. The van der Waals surface area contributed by atoms with Crippen molar-refractivity contribution < 1.29 is 4.79 Å². The zero-order chi connectivity index (χ0) is 15.7. The number of hydrazine groups is 1. The zero-order valence-corrected chi connectivity index (χ0v) is 15.4. The molecule has 0 atom stereocenters. The lowest BCUT2D eigenvalue weighted by atomic mass is 10.1. The first-order valence-corrected chi connectivity index (χ1v) is 8.93. The number of carbonyl (C=O) groups is 1. The molecule has 116 valence electrons. The highest BCUT2D eigenvalue weighted by atomic mass is 79.9. The van der Waals surface area contributed by atoms with Crippen molar-refractivity contribution in [3.63, 3.8) is 0 Å². The number of unbranched alkanes of at least 4 members (excludes halogenated alkanes) is 1. The Kier molecular flexibility index (Phi) is 8.72. The van der Waals surface area contributed by atoms with Gasteiger partial charge in [-0.2, -0.15) is 0 Å². The lowest BCUT2D eigenvalue weighted by Gasteiger charge is -2.10. The summed E-state index contributed by atoms with van der Waals surface area (Å²) in [7, 11) is 1.69. The molecule has 4 nitrogen and oxygen atoms in total. The Hall–Kier alpha value is -0.790. The Morgan fingerprint density at radius 1 is 1.38 bits per heavy atom. The van der Waals surface area contributed by atoms with Crippen molar-refractivity contribution >= 4 is 50.9 Å². The molecule has 1 aromatic rings. The van der Waals surface area contributed by atoms with Crippen LogP contribution in [0.1, 0.15) is 25.3 Å². The van der Waals surface area contributed by atoms with Crippen molar-refractivity contribution in [2.75, 3.05) is 12.8 Å². The molecule has 0 fully saturated rings. The first kappa shape index (κ1) is 18.3. The highest BCUT2D eigenvalue weighted by molar-refractivity contribution is 9.10. The summed E-state index contributed by atoms with van der Waals surface area (Å²) in [5.41, 5.74) is 6.12. The minimum absolute atomic E-state index is 0.133. The Morgan fingerprint density at radius 3 is 2.76 bits per heavy atom. The van der Waals surface area contributed by atoms with Gasteiger partial charge >= 0.3 is 0 Å². The summed E-state index contributed by atoms with van der Waals surface area (Å²) >= 11 is 10.3. The number of benzene rings is 1. The Bertz CT molecular complexity index is 497. The quantitative estimate of drug-likeness (QED) is 0.302. The molecule has 0 saturated heterocycles. The normalized spacial score (nSPS) is 10.0. The van der Waals surface area contributed by atoms with Crippen LogP contribution in [-0.2, 0) is 11.2 Å². The molecule has 0 aliphatic heterocycles. The topological polar surface area (TPSA) is 53.2 Å². The van der Waals surface area contributed by atoms with Gasteiger partial charge in [-0.1, -0.05) is 19.4 Å². The third kappa shape index (κ3) is 7.15. The molecule has 0 aliphatic rings. The van der Waals surface area contributed by atoms with Gasteiger partial charge in [0.2, 0.25) is 5.91 Å². The second kappa shape index (κ2) is 10.0. The van der Waals surface area contributed by atoms with Gasteiger partial charge in [-0.15, -0.1) is 11.8 Å². The van der Waals surface area contributed by atoms with Gasteiger partial charge in [-0.3, -0.25) is 15.6 Å². The van der Waals surface area contributed by atoms with E-state index < -0.39 is 0 Å². The number of nitrogens with one attached hydrogen (secondary N) is 3. The van der Waals surface area contributed by atoms with Crippen LogP contribution in [0.2, 0.25) is 0 Å². The van der Waals surface area contributed by atoms with Crippen molar-refractivity contribution in [2.45, 2.75) is 31.1 Å². The first-order valence-electron chi connectivity index (χ1n) is 6.74. The summed E-state index contributed by atoms with van der Waals surface area (Å²) in [5, 5.41) is 3.10. The van der Waals surface area contributed by atoms with Crippen LogP contribution in [0.15, 0.2) is 27.6 Å². The van der Waals surface area contributed by atoms with Gasteiger partial charge < -0.3 is 5.32 Å². The van der Waals surface area contributed by atoms with E-state index in [0.717, 1.165) is 15.8 Å². The Morgan fingerprint density at radius 2 is 2.14 bits per heavy atom.